The van der Waals surface area contributed by atoms with Gasteiger partial charge in [0, 0.05) is 18.4 Å². The van der Waals surface area contributed by atoms with Crippen LogP contribution in [0.25, 0.3) is 16.3 Å². The number of hydrogen-bond acceptors (Lipinski definition) is 7. The number of ketones is 1. The number of hydrogen-bond donors (Lipinski definition) is 3. The van der Waals surface area contributed by atoms with E-state index >= 15 is 0 Å². The van der Waals surface area contributed by atoms with E-state index in [0.29, 0.717) is 11.3 Å². The normalized spacial score (nSPS) is 17.5. The van der Waals surface area contributed by atoms with Crippen LogP contribution in [0, 0.1) is 5.92 Å². The van der Waals surface area contributed by atoms with Gasteiger partial charge in [-0.1, -0.05) is 85.7 Å². The molecule has 1 aliphatic heterocycles. The number of fused-ring (bicyclic) bond motifs is 1. The highest BCUT2D eigenvalue weighted by atomic mass is 16.7. The third-order valence-electron chi connectivity index (χ3n) is 7.20. The van der Waals surface area contributed by atoms with Gasteiger partial charge in [0.15, 0.2) is 5.78 Å². The summed E-state index contributed by atoms with van der Waals surface area (Å²) in [6.07, 6.45) is -0.664. The predicted molar refractivity (Wildman–Crippen MR) is 156 cm³/mol. The van der Waals surface area contributed by atoms with Gasteiger partial charge in [-0.3, -0.25) is 19.2 Å². The summed E-state index contributed by atoms with van der Waals surface area (Å²) in [6.45, 7) is 3.14. The van der Waals surface area contributed by atoms with Gasteiger partial charge < -0.3 is 31.2 Å². The first-order valence-electron chi connectivity index (χ1n) is 13.6. The van der Waals surface area contributed by atoms with Gasteiger partial charge in [0.25, 0.3) is 11.8 Å². The second-order valence-corrected chi connectivity index (χ2v) is 10.6. The summed E-state index contributed by atoms with van der Waals surface area (Å²) in [5.74, 6) is -3.27. The van der Waals surface area contributed by atoms with Gasteiger partial charge >= 0.3 is 5.97 Å². The molecule has 1 aliphatic rings. The summed E-state index contributed by atoms with van der Waals surface area (Å²) in [7, 11) is 0. The number of nitrogens with one attached hydrogen (secondary N) is 2. The average Bonchev–Trinajstić information content (AvgIpc) is 3.40. The molecule has 11 heteroatoms. The number of aliphatic carboxylic acids is 1. The summed E-state index contributed by atoms with van der Waals surface area (Å²) >= 11 is 0. The first-order chi connectivity index (χ1) is 20.1. The number of carbonyl (C=O) groups is 4. The van der Waals surface area contributed by atoms with Crippen molar-refractivity contribution in [2.24, 2.45) is 16.2 Å². The Morgan fingerprint density at radius 2 is 1.69 bits per heavy atom. The van der Waals surface area contributed by atoms with Crippen molar-refractivity contribution in [1.29, 1.82) is 0 Å². The number of carboxylic acid groups (broad SMARTS) is 1. The van der Waals surface area contributed by atoms with Crippen molar-refractivity contribution < 1.29 is 29.1 Å². The number of benzene rings is 3. The highest BCUT2D eigenvalue weighted by Gasteiger charge is 2.49. The summed E-state index contributed by atoms with van der Waals surface area (Å²) in [4.78, 5) is 57.0. The Balaban J connectivity index is 1.61. The zero-order valence-electron chi connectivity index (χ0n) is 23.3. The first kappa shape index (κ1) is 30.0. The molecule has 3 aromatic rings. The molecule has 0 fully saturated rings. The Hall–Kier alpha value is -4.93. The molecule has 3 aromatic carbocycles. The number of oxime groups is 1. The maximum atomic E-state index is 13.8. The number of rotatable bonds is 13. The maximum absolute atomic E-state index is 13.8. The monoisotopic (exact) mass is 570 g/mol. The van der Waals surface area contributed by atoms with Gasteiger partial charge in [0.1, 0.15) is 0 Å². The fourth-order valence-corrected chi connectivity index (χ4v) is 5.06. The van der Waals surface area contributed by atoms with E-state index < -0.39 is 48.3 Å². The lowest BCUT2D eigenvalue weighted by atomic mass is 9.84. The summed E-state index contributed by atoms with van der Waals surface area (Å²) in [5, 5.41) is 23.6. The molecule has 0 saturated heterocycles. The van der Waals surface area contributed by atoms with Gasteiger partial charge in [0.05, 0.1) is 30.8 Å². The number of carboxylic acids is 1. The molecule has 0 spiro atoms. The van der Waals surface area contributed by atoms with Crippen LogP contribution in [0.2, 0.25) is 0 Å². The molecule has 4 rings (SSSR count). The number of carbonyl (C=O) groups excluding carboxylic acids is 3. The Kier molecular flexibility index (Phi) is 9.41. The molecule has 218 valence electrons. The second kappa shape index (κ2) is 13.2. The smallest absolute Gasteiger partial charge is 0.305 e. The highest BCUT2D eigenvalue weighted by Crippen LogP contribution is 2.32. The minimum Gasteiger partial charge on any atom is -0.712 e. The van der Waals surface area contributed by atoms with E-state index in [1.807, 2.05) is 68.4 Å². The molecule has 0 bridgehead atoms. The molecule has 3 atom stereocenters. The molecule has 0 radical (unpaired) electrons. The van der Waals surface area contributed by atoms with E-state index in [0.717, 1.165) is 16.3 Å². The molecule has 1 heterocycles. The van der Waals surface area contributed by atoms with Crippen LogP contribution in [0.15, 0.2) is 83.1 Å². The standard InChI is InChI=1S/C31H32N5O6/c1-19(2)28(35-29(40)23-14-8-12-21-11-6-7-13-22(21)23)25-17-31(42-36-25,16-20-9-4-3-5-10-20)30(41)34-24(15-27(38)39)26(37)18-33-32/h3-14,19,24,28H,15-18H2,1-2H3,(H,34,41)(H,35,40)(H,38,39)/q-1/t24-,28?,31?/m0/s1. The van der Waals surface area contributed by atoms with Crippen molar-refractivity contribution in [3.63, 3.8) is 0 Å². The van der Waals surface area contributed by atoms with E-state index in [4.69, 9.17) is 10.4 Å². The Morgan fingerprint density at radius 1 is 1.00 bits per heavy atom. The molecule has 42 heavy (non-hydrogen) atoms. The zero-order chi connectivity index (χ0) is 30.3. The number of Topliss-reactive ketones (excluding diaryl/α,β-unsaturated/α-hetero) is 1. The lowest BCUT2D eigenvalue weighted by Gasteiger charge is -2.29. The Labute approximate surface area is 242 Å². The van der Waals surface area contributed by atoms with E-state index in [-0.39, 0.29) is 24.7 Å². The van der Waals surface area contributed by atoms with Gasteiger partial charge in [-0.25, -0.2) is 0 Å². The topological polar surface area (TPSA) is 169 Å². The lowest BCUT2D eigenvalue weighted by Crippen LogP contribution is -2.55. The summed E-state index contributed by atoms with van der Waals surface area (Å²) < 4.78 is 0. The molecule has 2 unspecified atom stereocenters. The van der Waals surface area contributed by atoms with Gasteiger partial charge in [0.2, 0.25) is 5.60 Å². The van der Waals surface area contributed by atoms with Crippen LogP contribution in [-0.2, 0) is 25.6 Å². The largest absolute Gasteiger partial charge is 0.712 e. The van der Waals surface area contributed by atoms with Crippen LogP contribution in [0.3, 0.4) is 0 Å². The molecular formula is C31H32N5O6-. The molecule has 2 amide bonds. The van der Waals surface area contributed by atoms with Crippen molar-refractivity contribution in [2.75, 3.05) is 6.54 Å². The molecule has 11 nitrogen and oxygen atoms in total. The zero-order valence-corrected chi connectivity index (χ0v) is 23.3. The average molecular weight is 571 g/mol. The minimum atomic E-state index is -1.62. The van der Waals surface area contributed by atoms with Crippen molar-refractivity contribution in [1.82, 2.24) is 10.6 Å². The van der Waals surface area contributed by atoms with Crippen molar-refractivity contribution in [3.05, 3.63) is 89.5 Å². The number of nitrogens with zero attached hydrogens (tertiary/aromatic N) is 3. The van der Waals surface area contributed by atoms with Crippen LogP contribution in [-0.4, -0.2) is 58.6 Å². The third kappa shape index (κ3) is 6.85. The molecule has 0 saturated carbocycles. The maximum Gasteiger partial charge on any atom is 0.305 e. The SMILES string of the molecule is CC(C)C(NC(=O)c1cccc2ccccc12)C1=NOC(Cc2ccccc2)(C(=O)N[C@@H](CC(=O)O)C(=O)CN=[N-])C1. The van der Waals surface area contributed by atoms with E-state index in [1.54, 1.807) is 18.2 Å². The molecule has 3 N–H and O–H groups in total. The quantitative estimate of drug-likeness (QED) is 0.263. The second-order valence-electron chi connectivity index (χ2n) is 10.6. The Morgan fingerprint density at radius 3 is 2.38 bits per heavy atom. The van der Waals surface area contributed by atoms with E-state index in [9.17, 15) is 24.3 Å². The van der Waals surface area contributed by atoms with Gasteiger partial charge in [-0.2, -0.15) is 0 Å². The van der Waals surface area contributed by atoms with Crippen molar-refractivity contribution >= 4 is 40.1 Å². The molecular weight excluding hydrogens is 538 g/mol. The molecule has 0 aliphatic carbocycles. The number of amides is 2. The van der Waals surface area contributed by atoms with E-state index in [1.165, 1.54) is 0 Å². The fourth-order valence-electron chi connectivity index (χ4n) is 5.06. The van der Waals surface area contributed by atoms with Crippen molar-refractivity contribution in [3.8, 4) is 0 Å². The van der Waals surface area contributed by atoms with E-state index in [2.05, 4.69) is 20.9 Å². The fraction of sp³-hybridized carbons (Fsp3) is 0.323. The van der Waals surface area contributed by atoms with Crippen molar-refractivity contribution in [2.45, 2.75) is 50.8 Å². The lowest BCUT2D eigenvalue weighted by molar-refractivity contribution is -0.147. The van der Waals surface area contributed by atoms with Crippen LogP contribution in [0.5, 0.6) is 0 Å². The van der Waals surface area contributed by atoms with Crippen LogP contribution >= 0.6 is 0 Å². The third-order valence-corrected chi connectivity index (χ3v) is 7.20. The predicted octanol–water partition coefficient (Wildman–Crippen LogP) is 3.90. The minimum absolute atomic E-state index is 0.0231. The van der Waals surface area contributed by atoms with Crippen LogP contribution in [0.4, 0.5) is 0 Å². The van der Waals surface area contributed by atoms with Crippen LogP contribution < -0.4 is 10.6 Å². The van der Waals surface area contributed by atoms with Gasteiger partial charge in [-0.15, -0.1) is 0 Å². The highest BCUT2D eigenvalue weighted by molar-refractivity contribution is 6.09. The van der Waals surface area contributed by atoms with Gasteiger partial charge in [-0.05, 0) is 28.3 Å². The summed E-state index contributed by atoms with van der Waals surface area (Å²) in [5.41, 5.74) is 8.88. The van der Waals surface area contributed by atoms with Crippen LogP contribution in [0.1, 0.15) is 42.6 Å². The summed E-state index contributed by atoms with van der Waals surface area (Å²) in [6, 6.07) is 20.1. The molecule has 0 aromatic heterocycles. The first-order valence-corrected chi connectivity index (χ1v) is 13.6. The Bertz CT molecular complexity index is 1520.